The SMILES string of the molecule is CC(C)(C)c1cc(NC(=O)c2cc(F)cc(N)c2F)n[nH]1. The average Bonchev–Trinajstić information content (AvgIpc) is 2.82. The van der Waals surface area contributed by atoms with Crippen LogP contribution < -0.4 is 11.1 Å². The highest BCUT2D eigenvalue weighted by Gasteiger charge is 2.20. The Bertz CT molecular complexity index is 689. The van der Waals surface area contributed by atoms with E-state index >= 15 is 0 Å². The van der Waals surface area contributed by atoms with E-state index in [-0.39, 0.29) is 11.2 Å². The first-order chi connectivity index (χ1) is 9.68. The van der Waals surface area contributed by atoms with Gasteiger partial charge >= 0.3 is 0 Å². The molecule has 0 saturated carbocycles. The quantitative estimate of drug-likeness (QED) is 0.745. The van der Waals surface area contributed by atoms with Gasteiger partial charge in [0.05, 0.1) is 11.3 Å². The van der Waals surface area contributed by atoms with Crippen molar-refractivity contribution in [2.75, 3.05) is 11.1 Å². The van der Waals surface area contributed by atoms with Gasteiger partial charge in [-0.25, -0.2) is 8.78 Å². The number of H-pyrrole nitrogens is 1. The highest BCUT2D eigenvalue weighted by molar-refractivity contribution is 6.04. The van der Waals surface area contributed by atoms with E-state index < -0.39 is 28.8 Å². The van der Waals surface area contributed by atoms with Gasteiger partial charge in [0.25, 0.3) is 5.91 Å². The maximum atomic E-state index is 13.7. The van der Waals surface area contributed by atoms with Gasteiger partial charge < -0.3 is 11.1 Å². The fourth-order valence-corrected chi connectivity index (χ4v) is 1.73. The lowest BCUT2D eigenvalue weighted by atomic mass is 9.92. The van der Waals surface area contributed by atoms with Gasteiger partial charge in [-0.1, -0.05) is 20.8 Å². The summed E-state index contributed by atoms with van der Waals surface area (Å²) in [7, 11) is 0. The molecule has 0 aliphatic heterocycles. The monoisotopic (exact) mass is 294 g/mol. The molecule has 112 valence electrons. The van der Waals surface area contributed by atoms with Crippen LogP contribution in [0.5, 0.6) is 0 Å². The van der Waals surface area contributed by atoms with Gasteiger partial charge in [0, 0.05) is 17.2 Å². The number of nitrogens with zero attached hydrogens (tertiary/aromatic N) is 1. The van der Waals surface area contributed by atoms with E-state index in [1.54, 1.807) is 6.07 Å². The summed E-state index contributed by atoms with van der Waals surface area (Å²) in [5, 5.41) is 9.10. The fraction of sp³-hybridized carbons (Fsp3) is 0.286. The van der Waals surface area contributed by atoms with Crippen LogP contribution >= 0.6 is 0 Å². The predicted molar refractivity (Wildman–Crippen MR) is 76.0 cm³/mol. The number of benzene rings is 1. The standard InChI is InChI=1S/C14H16F2N4O/c1-14(2,3)10-6-11(20-19-10)18-13(21)8-4-7(15)5-9(17)12(8)16/h4-6H,17H2,1-3H3,(H2,18,19,20,21). The van der Waals surface area contributed by atoms with E-state index in [0.717, 1.165) is 17.8 Å². The molecule has 0 spiro atoms. The maximum absolute atomic E-state index is 13.7. The molecule has 2 rings (SSSR count). The molecule has 1 heterocycles. The number of nitrogen functional groups attached to an aromatic ring is 1. The summed E-state index contributed by atoms with van der Waals surface area (Å²) in [5.41, 5.74) is 5.04. The number of halogens is 2. The summed E-state index contributed by atoms with van der Waals surface area (Å²) in [4.78, 5) is 12.0. The smallest absolute Gasteiger partial charge is 0.260 e. The number of hydrogen-bond donors (Lipinski definition) is 3. The second kappa shape index (κ2) is 5.16. The molecule has 4 N–H and O–H groups in total. The van der Waals surface area contributed by atoms with Crippen LogP contribution in [-0.4, -0.2) is 16.1 Å². The van der Waals surface area contributed by atoms with Crippen LogP contribution in [0.2, 0.25) is 0 Å². The third-order valence-corrected chi connectivity index (χ3v) is 2.94. The summed E-state index contributed by atoms with van der Waals surface area (Å²) in [6.07, 6.45) is 0. The van der Waals surface area contributed by atoms with Gasteiger partial charge in [-0.3, -0.25) is 9.89 Å². The van der Waals surface area contributed by atoms with Gasteiger partial charge in [0.1, 0.15) is 5.82 Å². The summed E-state index contributed by atoms with van der Waals surface area (Å²) >= 11 is 0. The lowest BCUT2D eigenvalue weighted by Gasteiger charge is -2.14. The summed E-state index contributed by atoms with van der Waals surface area (Å²) in [5.74, 6) is -2.32. The highest BCUT2D eigenvalue weighted by Crippen LogP contribution is 2.23. The highest BCUT2D eigenvalue weighted by atomic mass is 19.1. The number of hydrogen-bond acceptors (Lipinski definition) is 3. The molecule has 1 aromatic heterocycles. The zero-order valence-corrected chi connectivity index (χ0v) is 11.9. The van der Waals surface area contributed by atoms with E-state index in [1.165, 1.54) is 0 Å². The minimum atomic E-state index is -0.958. The number of aromatic nitrogens is 2. The van der Waals surface area contributed by atoms with E-state index in [9.17, 15) is 13.6 Å². The van der Waals surface area contributed by atoms with Crippen LogP contribution in [0.1, 0.15) is 36.8 Å². The molecule has 0 aliphatic rings. The van der Waals surface area contributed by atoms with Crippen molar-refractivity contribution in [1.82, 2.24) is 10.2 Å². The zero-order chi connectivity index (χ0) is 15.8. The van der Waals surface area contributed by atoms with Crippen LogP contribution in [0.4, 0.5) is 20.3 Å². The average molecular weight is 294 g/mol. The molecular formula is C14H16F2N4O. The number of rotatable bonds is 2. The number of carbonyl (C=O) groups is 1. The number of carbonyl (C=O) groups excluding carboxylic acids is 1. The molecule has 5 nitrogen and oxygen atoms in total. The van der Waals surface area contributed by atoms with Crippen LogP contribution in [0.3, 0.4) is 0 Å². The number of amides is 1. The zero-order valence-electron chi connectivity index (χ0n) is 11.9. The van der Waals surface area contributed by atoms with Crippen LogP contribution in [0, 0.1) is 11.6 Å². The van der Waals surface area contributed by atoms with Gasteiger partial charge in [0.15, 0.2) is 11.6 Å². The maximum Gasteiger partial charge on any atom is 0.260 e. The molecule has 1 aromatic carbocycles. The Kier molecular flexibility index (Phi) is 3.67. The Morgan fingerprint density at radius 3 is 2.52 bits per heavy atom. The number of nitrogens with two attached hydrogens (primary N) is 1. The number of anilines is 2. The van der Waals surface area contributed by atoms with E-state index in [0.29, 0.717) is 0 Å². The molecular weight excluding hydrogens is 278 g/mol. The molecule has 7 heteroatoms. The molecule has 0 saturated heterocycles. The molecule has 0 aliphatic carbocycles. The first kappa shape index (κ1) is 15.0. The van der Waals surface area contributed by atoms with Crippen LogP contribution in [0.25, 0.3) is 0 Å². The van der Waals surface area contributed by atoms with Gasteiger partial charge in [-0.2, -0.15) is 5.10 Å². The molecule has 0 unspecified atom stereocenters. The fourth-order valence-electron chi connectivity index (χ4n) is 1.73. The molecule has 0 radical (unpaired) electrons. The van der Waals surface area contributed by atoms with Crippen molar-refractivity contribution in [3.63, 3.8) is 0 Å². The van der Waals surface area contributed by atoms with Crippen molar-refractivity contribution in [2.24, 2.45) is 0 Å². The van der Waals surface area contributed by atoms with E-state index in [1.807, 2.05) is 20.8 Å². The van der Waals surface area contributed by atoms with Crippen LogP contribution in [0.15, 0.2) is 18.2 Å². The van der Waals surface area contributed by atoms with Gasteiger partial charge in [0.2, 0.25) is 0 Å². The second-order valence-corrected chi connectivity index (χ2v) is 5.73. The van der Waals surface area contributed by atoms with Gasteiger partial charge in [-0.15, -0.1) is 0 Å². The van der Waals surface area contributed by atoms with Crippen molar-refractivity contribution in [1.29, 1.82) is 0 Å². The number of nitrogens with one attached hydrogen (secondary N) is 2. The van der Waals surface area contributed by atoms with Crippen molar-refractivity contribution in [3.8, 4) is 0 Å². The summed E-state index contributed by atoms with van der Waals surface area (Å²) < 4.78 is 27.0. The van der Waals surface area contributed by atoms with E-state index in [2.05, 4.69) is 15.5 Å². The van der Waals surface area contributed by atoms with E-state index in [4.69, 9.17) is 5.73 Å². The lowest BCUT2D eigenvalue weighted by molar-refractivity contribution is 0.102. The largest absolute Gasteiger partial charge is 0.396 e. The van der Waals surface area contributed by atoms with Crippen molar-refractivity contribution >= 4 is 17.4 Å². The third-order valence-electron chi connectivity index (χ3n) is 2.94. The molecule has 0 fully saturated rings. The van der Waals surface area contributed by atoms with Crippen molar-refractivity contribution in [3.05, 3.63) is 41.1 Å². The first-order valence-electron chi connectivity index (χ1n) is 6.30. The minimum absolute atomic E-state index is 0.176. The van der Waals surface area contributed by atoms with Gasteiger partial charge in [-0.05, 0) is 12.1 Å². The molecule has 0 bridgehead atoms. The Morgan fingerprint density at radius 2 is 1.95 bits per heavy atom. The molecule has 0 atom stereocenters. The predicted octanol–water partition coefficient (Wildman–Crippen LogP) is 2.82. The lowest BCUT2D eigenvalue weighted by Crippen LogP contribution is -2.15. The summed E-state index contributed by atoms with van der Waals surface area (Å²) in [6, 6.07) is 3.25. The Morgan fingerprint density at radius 1 is 1.29 bits per heavy atom. The molecule has 21 heavy (non-hydrogen) atoms. The third kappa shape index (κ3) is 3.18. The summed E-state index contributed by atoms with van der Waals surface area (Å²) in [6.45, 7) is 5.91. The normalized spacial score (nSPS) is 11.5. The topological polar surface area (TPSA) is 83.8 Å². The second-order valence-electron chi connectivity index (χ2n) is 5.73. The Hall–Kier alpha value is -2.44. The van der Waals surface area contributed by atoms with Crippen molar-refractivity contribution in [2.45, 2.75) is 26.2 Å². The van der Waals surface area contributed by atoms with Crippen LogP contribution in [-0.2, 0) is 5.41 Å². The first-order valence-corrected chi connectivity index (χ1v) is 6.30. The Balaban J connectivity index is 2.25. The molecule has 1 amide bonds. The van der Waals surface area contributed by atoms with Crippen molar-refractivity contribution < 1.29 is 13.6 Å². The Labute approximate surface area is 120 Å². The molecule has 2 aromatic rings. The number of aromatic amines is 1. The minimum Gasteiger partial charge on any atom is -0.396 e.